The van der Waals surface area contributed by atoms with E-state index in [0.717, 1.165) is 30.5 Å². The van der Waals surface area contributed by atoms with E-state index in [9.17, 15) is 5.11 Å². The molecule has 0 fully saturated rings. The van der Waals surface area contributed by atoms with Crippen LogP contribution in [0.3, 0.4) is 0 Å². The summed E-state index contributed by atoms with van der Waals surface area (Å²) in [4.78, 5) is 5.44. The Bertz CT molecular complexity index is 457. The number of nitrogens with zero attached hydrogens (tertiary/aromatic N) is 1. The molecule has 1 aliphatic rings. The fourth-order valence-corrected chi connectivity index (χ4v) is 2.28. The molecule has 0 bridgehead atoms. The number of unbranched alkanes of at least 4 members (excludes halogenated alkanes) is 2. The second-order valence-electron chi connectivity index (χ2n) is 4.81. The van der Waals surface area contributed by atoms with Gasteiger partial charge in [-0.05, 0) is 18.9 Å². The van der Waals surface area contributed by atoms with E-state index in [4.69, 9.17) is 9.57 Å². The lowest BCUT2D eigenvalue weighted by atomic mass is 10.0. The van der Waals surface area contributed by atoms with Gasteiger partial charge in [0.15, 0.2) is 17.6 Å². The average Bonchev–Trinajstić information content (AvgIpc) is 2.88. The first-order chi connectivity index (χ1) is 9.26. The number of phenols is 1. The smallest absolute Gasteiger partial charge is 0.164 e. The van der Waals surface area contributed by atoms with Gasteiger partial charge in [-0.15, -0.1) is 0 Å². The first-order valence-electron chi connectivity index (χ1n) is 6.83. The van der Waals surface area contributed by atoms with E-state index in [1.807, 2.05) is 12.1 Å². The molecule has 0 aliphatic carbocycles. The summed E-state index contributed by atoms with van der Waals surface area (Å²) in [6.07, 6.45) is 5.11. The van der Waals surface area contributed by atoms with E-state index in [1.165, 1.54) is 12.8 Å². The summed E-state index contributed by atoms with van der Waals surface area (Å²) in [6, 6.07) is 5.44. The molecule has 1 atom stereocenters. The number of oxime groups is 1. The summed E-state index contributed by atoms with van der Waals surface area (Å²) < 4.78 is 5.11. The molecular weight excluding hydrogens is 242 g/mol. The van der Waals surface area contributed by atoms with E-state index < -0.39 is 0 Å². The minimum atomic E-state index is -0.188. The van der Waals surface area contributed by atoms with Gasteiger partial charge < -0.3 is 14.7 Å². The fraction of sp³-hybridized carbons (Fsp3) is 0.533. The summed E-state index contributed by atoms with van der Waals surface area (Å²) >= 11 is 0. The number of para-hydroxylation sites is 1. The molecule has 0 unspecified atom stereocenters. The Morgan fingerprint density at radius 1 is 1.42 bits per heavy atom. The number of rotatable bonds is 6. The summed E-state index contributed by atoms with van der Waals surface area (Å²) in [5, 5.41) is 14.2. The largest absolute Gasteiger partial charge is 0.504 e. The third-order valence-electron chi connectivity index (χ3n) is 3.40. The van der Waals surface area contributed by atoms with Crippen molar-refractivity contribution < 1.29 is 14.7 Å². The minimum absolute atomic E-state index is 0.153. The molecule has 19 heavy (non-hydrogen) atoms. The molecule has 1 heterocycles. The first-order valence-corrected chi connectivity index (χ1v) is 6.83. The van der Waals surface area contributed by atoms with Gasteiger partial charge in [0.2, 0.25) is 0 Å². The zero-order valence-electron chi connectivity index (χ0n) is 11.6. The topological polar surface area (TPSA) is 51.0 Å². The van der Waals surface area contributed by atoms with Crippen molar-refractivity contribution in [1.29, 1.82) is 0 Å². The molecule has 0 aromatic heterocycles. The van der Waals surface area contributed by atoms with Gasteiger partial charge in [-0.25, -0.2) is 0 Å². The lowest BCUT2D eigenvalue weighted by Crippen LogP contribution is -2.01. The van der Waals surface area contributed by atoms with Gasteiger partial charge in [-0.3, -0.25) is 0 Å². The maximum atomic E-state index is 10.1. The molecule has 4 nitrogen and oxygen atoms in total. The highest BCUT2D eigenvalue weighted by molar-refractivity contribution is 5.85. The summed E-state index contributed by atoms with van der Waals surface area (Å²) in [5.41, 5.74) is 1.83. The molecule has 0 radical (unpaired) electrons. The average molecular weight is 263 g/mol. The van der Waals surface area contributed by atoms with E-state index in [-0.39, 0.29) is 11.9 Å². The van der Waals surface area contributed by atoms with Gasteiger partial charge >= 0.3 is 0 Å². The fourth-order valence-electron chi connectivity index (χ4n) is 2.28. The Kier molecular flexibility index (Phi) is 4.66. The van der Waals surface area contributed by atoms with Crippen molar-refractivity contribution in [2.24, 2.45) is 5.16 Å². The van der Waals surface area contributed by atoms with Crippen LogP contribution in [0.2, 0.25) is 0 Å². The summed E-state index contributed by atoms with van der Waals surface area (Å²) in [6.45, 7) is 2.18. The normalized spacial score (nSPS) is 18.0. The minimum Gasteiger partial charge on any atom is -0.504 e. The molecule has 0 spiro atoms. The van der Waals surface area contributed by atoms with Crippen molar-refractivity contribution in [2.75, 3.05) is 7.11 Å². The standard InChI is InChI=1S/C15H21NO3/c1-3-4-5-7-11-10-14(19-16-11)12-8-6-9-13(18-2)15(12)17/h6,8-9,14,17H,3-5,7,10H2,1-2H3/t14-/m0/s1. The van der Waals surface area contributed by atoms with Crippen LogP contribution in [0.1, 0.15) is 50.7 Å². The van der Waals surface area contributed by atoms with Crippen LogP contribution in [0.4, 0.5) is 0 Å². The van der Waals surface area contributed by atoms with Gasteiger partial charge in [0.1, 0.15) is 0 Å². The van der Waals surface area contributed by atoms with Gasteiger partial charge in [-0.2, -0.15) is 0 Å². The molecular formula is C15H21NO3. The molecule has 0 amide bonds. The number of aromatic hydroxyl groups is 1. The first kappa shape index (κ1) is 13.7. The predicted molar refractivity (Wildman–Crippen MR) is 74.7 cm³/mol. The third kappa shape index (κ3) is 3.19. The number of phenolic OH excluding ortho intramolecular Hbond substituents is 1. The van der Waals surface area contributed by atoms with Crippen LogP contribution in [0.25, 0.3) is 0 Å². The second kappa shape index (κ2) is 6.45. The molecule has 1 N–H and O–H groups in total. The van der Waals surface area contributed by atoms with Crippen molar-refractivity contribution in [1.82, 2.24) is 0 Å². The van der Waals surface area contributed by atoms with Crippen molar-refractivity contribution in [3.8, 4) is 11.5 Å². The van der Waals surface area contributed by atoms with Crippen LogP contribution >= 0.6 is 0 Å². The lowest BCUT2D eigenvalue weighted by molar-refractivity contribution is 0.0834. The van der Waals surface area contributed by atoms with Crippen LogP contribution < -0.4 is 4.74 Å². The van der Waals surface area contributed by atoms with Crippen molar-refractivity contribution in [2.45, 2.75) is 45.1 Å². The second-order valence-corrected chi connectivity index (χ2v) is 4.81. The predicted octanol–water partition coefficient (Wildman–Crippen LogP) is 3.80. The van der Waals surface area contributed by atoms with Crippen molar-refractivity contribution in [3.63, 3.8) is 0 Å². The lowest BCUT2D eigenvalue weighted by Gasteiger charge is -2.12. The Balaban J connectivity index is 1.99. The highest BCUT2D eigenvalue weighted by Gasteiger charge is 2.26. The molecule has 1 aliphatic heterocycles. The van der Waals surface area contributed by atoms with Crippen LogP contribution in [0, 0.1) is 0 Å². The Morgan fingerprint density at radius 2 is 2.26 bits per heavy atom. The molecule has 0 saturated carbocycles. The van der Waals surface area contributed by atoms with E-state index in [0.29, 0.717) is 5.75 Å². The van der Waals surface area contributed by atoms with Crippen LogP contribution in [0.15, 0.2) is 23.4 Å². The number of benzene rings is 1. The van der Waals surface area contributed by atoms with E-state index in [1.54, 1.807) is 13.2 Å². The maximum absolute atomic E-state index is 10.1. The van der Waals surface area contributed by atoms with Crippen molar-refractivity contribution in [3.05, 3.63) is 23.8 Å². The van der Waals surface area contributed by atoms with Crippen LogP contribution in [-0.4, -0.2) is 17.9 Å². The summed E-state index contributed by atoms with van der Waals surface area (Å²) in [5.74, 6) is 0.626. The SMILES string of the molecule is CCCCCC1=NO[C@H](c2cccc(OC)c2O)C1. The maximum Gasteiger partial charge on any atom is 0.164 e. The van der Waals surface area contributed by atoms with Gasteiger partial charge in [0, 0.05) is 12.0 Å². The van der Waals surface area contributed by atoms with Gasteiger partial charge in [-0.1, -0.05) is 37.1 Å². The van der Waals surface area contributed by atoms with E-state index in [2.05, 4.69) is 12.1 Å². The van der Waals surface area contributed by atoms with Crippen LogP contribution in [0.5, 0.6) is 11.5 Å². The molecule has 1 aromatic carbocycles. The molecule has 1 aromatic rings. The zero-order chi connectivity index (χ0) is 13.7. The monoisotopic (exact) mass is 263 g/mol. The number of methoxy groups -OCH3 is 1. The summed E-state index contributed by atoms with van der Waals surface area (Å²) in [7, 11) is 1.54. The molecule has 104 valence electrons. The highest BCUT2D eigenvalue weighted by Crippen LogP contribution is 2.38. The Labute approximate surface area is 114 Å². The Morgan fingerprint density at radius 3 is 3.00 bits per heavy atom. The third-order valence-corrected chi connectivity index (χ3v) is 3.40. The number of ether oxygens (including phenoxy) is 1. The Hall–Kier alpha value is -1.71. The number of hydrogen-bond donors (Lipinski definition) is 1. The highest BCUT2D eigenvalue weighted by atomic mass is 16.6. The molecule has 4 heteroatoms. The van der Waals surface area contributed by atoms with Gasteiger partial charge in [0.05, 0.1) is 12.8 Å². The zero-order valence-corrected chi connectivity index (χ0v) is 11.6. The van der Waals surface area contributed by atoms with Crippen molar-refractivity contribution >= 4 is 5.71 Å². The number of hydrogen-bond acceptors (Lipinski definition) is 4. The van der Waals surface area contributed by atoms with E-state index >= 15 is 0 Å². The quantitative estimate of drug-likeness (QED) is 0.794. The van der Waals surface area contributed by atoms with Crippen LogP contribution in [-0.2, 0) is 4.84 Å². The van der Waals surface area contributed by atoms with Gasteiger partial charge in [0.25, 0.3) is 0 Å². The molecule has 0 saturated heterocycles. The molecule has 2 rings (SSSR count).